The van der Waals surface area contributed by atoms with Crippen molar-refractivity contribution in [3.05, 3.63) is 47.1 Å². The van der Waals surface area contributed by atoms with Gasteiger partial charge in [-0.05, 0) is 17.4 Å². The summed E-state index contributed by atoms with van der Waals surface area (Å²) in [6.07, 6.45) is 2.83. The van der Waals surface area contributed by atoms with Crippen LogP contribution in [0.2, 0.25) is 0 Å². The lowest BCUT2D eigenvalue weighted by molar-refractivity contribution is -0.147. The minimum Gasteiger partial charge on any atom is -0.460 e. The molecule has 1 fully saturated rings. The van der Waals surface area contributed by atoms with E-state index in [1.165, 1.54) is 6.08 Å². The van der Waals surface area contributed by atoms with Crippen LogP contribution in [0.5, 0.6) is 0 Å². The third-order valence-corrected chi connectivity index (χ3v) is 4.09. The number of esters is 1. The molecule has 0 saturated heterocycles. The first-order valence-electron chi connectivity index (χ1n) is 6.76. The predicted octanol–water partition coefficient (Wildman–Crippen LogP) is 3.64. The van der Waals surface area contributed by atoms with Gasteiger partial charge >= 0.3 is 5.97 Å². The Hall–Kier alpha value is -2.36. The standard InChI is InChI=1S/C16H13F4NO2/c1-16(2)9(4-3-5-21)11(16)15(22)23-7-8-6-10(17)13(19)14(20)12(8)18/h3-4,6,9,11H,7H2,1-2H3/b4-3-/t9-,11+/m0/s1. The first-order valence-corrected chi connectivity index (χ1v) is 6.76. The highest BCUT2D eigenvalue weighted by Gasteiger charge is 2.61. The number of rotatable bonds is 4. The summed E-state index contributed by atoms with van der Waals surface area (Å²) >= 11 is 0. The topological polar surface area (TPSA) is 50.1 Å². The maximum Gasteiger partial charge on any atom is 0.310 e. The number of allylic oxidation sites excluding steroid dienone is 2. The number of nitrogens with zero attached hydrogens (tertiary/aromatic N) is 1. The molecule has 0 unspecified atom stereocenters. The number of halogens is 4. The molecule has 1 aliphatic rings. The van der Waals surface area contributed by atoms with Crippen LogP contribution in [-0.2, 0) is 16.1 Å². The van der Waals surface area contributed by atoms with Crippen LogP contribution in [0.25, 0.3) is 0 Å². The van der Waals surface area contributed by atoms with Gasteiger partial charge in [-0.3, -0.25) is 4.79 Å². The molecule has 1 aliphatic carbocycles. The van der Waals surface area contributed by atoms with Crippen molar-refractivity contribution < 1.29 is 27.1 Å². The summed E-state index contributed by atoms with van der Waals surface area (Å²) in [5.74, 6) is -8.43. The Bertz CT molecular complexity index is 722. The van der Waals surface area contributed by atoms with Crippen LogP contribution in [0.3, 0.4) is 0 Å². The lowest BCUT2D eigenvalue weighted by atomic mass is 10.1. The lowest BCUT2D eigenvalue weighted by Gasteiger charge is -2.08. The summed E-state index contributed by atoms with van der Waals surface area (Å²) < 4.78 is 57.4. The van der Waals surface area contributed by atoms with Crippen LogP contribution in [0.1, 0.15) is 19.4 Å². The zero-order valence-corrected chi connectivity index (χ0v) is 12.4. The van der Waals surface area contributed by atoms with Crippen molar-refractivity contribution in [2.75, 3.05) is 0 Å². The van der Waals surface area contributed by atoms with E-state index in [2.05, 4.69) is 0 Å². The molecule has 0 spiro atoms. The first kappa shape index (κ1) is 17.0. The summed E-state index contributed by atoms with van der Waals surface area (Å²) in [7, 11) is 0. The van der Waals surface area contributed by atoms with E-state index in [1.807, 2.05) is 6.07 Å². The van der Waals surface area contributed by atoms with E-state index in [0.717, 1.165) is 0 Å². The molecule has 2 rings (SSSR count). The Morgan fingerprint density at radius 1 is 1.30 bits per heavy atom. The molecule has 1 aromatic rings. The predicted molar refractivity (Wildman–Crippen MR) is 71.6 cm³/mol. The zero-order chi connectivity index (χ0) is 17.4. The fourth-order valence-corrected chi connectivity index (χ4v) is 2.60. The Morgan fingerprint density at radius 3 is 2.57 bits per heavy atom. The van der Waals surface area contributed by atoms with E-state index >= 15 is 0 Å². The fourth-order valence-electron chi connectivity index (χ4n) is 2.60. The van der Waals surface area contributed by atoms with Crippen LogP contribution in [0.15, 0.2) is 18.2 Å². The molecule has 0 bridgehead atoms. The third kappa shape index (κ3) is 3.07. The molecule has 1 aromatic carbocycles. The number of ether oxygens (including phenoxy) is 1. The summed E-state index contributed by atoms with van der Waals surface area (Å²) in [6.45, 7) is 2.88. The molecular weight excluding hydrogens is 314 g/mol. The summed E-state index contributed by atoms with van der Waals surface area (Å²) in [4.78, 5) is 12.0. The van der Waals surface area contributed by atoms with Gasteiger partial charge in [0.25, 0.3) is 0 Å². The molecule has 0 aliphatic heterocycles. The molecule has 122 valence electrons. The number of carbonyl (C=O) groups excluding carboxylic acids is 1. The maximum atomic E-state index is 13.5. The minimum absolute atomic E-state index is 0.207. The fraction of sp³-hybridized carbons (Fsp3) is 0.375. The van der Waals surface area contributed by atoms with Crippen LogP contribution >= 0.6 is 0 Å². The van der Waals surface area contributed by atoms with Crippen molar-refractivity contribution in [2.24, 2.45) is 17.3 Å². The van der Waals surface area contributed by atoms with Crippen molar-refractivity contribution in [1.82, 2.24) is 0 Å². The number of hydrogen-bond acceptors (Lipinski definition) is 3. The van der Waals surface area contributed by atoms with Gasteiger partial charge in [0.15, 0.2) is 23.3 Å². The van der Waals surface area contributed by atoms with E-state index in [4.69, 9.17) is 10.00 Å². The quantitative estimate of drug-likeness (QED) is 0.279. The molecule has 2 atom stereocenters. The molecule has 7 heteroatoms. The maximum absolute atomic E-state index is 13.5. The van der Waals surface area contributed by atoms with Gasteiger partial charge in [-0.2, -0.15) is 5.26 Å². The average molecular weight is 327 g/mol. The SMILES string of the molecule is CC1(C)[C@@H](/C=C\C#N)[C@@H]1C(=O)OCc1cc(F)c(F)c(F)c1F. The molecule has 0 radical (unpaired) electrons. The average Bonchev–Trinajstić information content (AvgIpc) is 3.06. The molecule has 1 saturated carbocycles. The summed E-state index contributed by atoms with van der Waals surface area (Å²) in [5.41, 5.74) is -1.01. The zero-order valence-electron chi connectivity index (χ0n) is 12.4. The normalized spacial score (nSPS) is 22.0. The van der Waals surface area contributed by atoms with E-state index in [0.29, 0.717) is 6.07 Å². The van der Waals surface area contributed by atoms with E-state index in [9.17, 15) is 22.4 Å². The second-order valence-corrected chi connectivity index (χ2v) is 5.88. The highest BCUT2D eigenvalue weighted by atomic mass is 19.2. The van der Waals surface area contributed by atoms with Gasteiger partial charge in [-0.25, -0.2) is 17.6 Å². The summed E-state index contributed by atoms with van der Waals surface area (Å²) in [6, 6.07) is 2.27. The second kappa shape index (κ2) is 6.03. The van der Waals surface area contributed by atoms with E-state index in [1.54, 1.807) is 19.9 Å². The Balaban J connectivity index is 2.07. The highest BCUT2D eigenvalue weighted by Crippen LogP contribution is 2.59. The van der Waals surface area contributed by atoms with Crippen LogP contribution in [0, 0.1) is 51.9 Å². The van der Waals surface area contributed by atoms with Crippen molar-refractivity contribution in [1.29, 1.82) is 5.26 Å². The first-order chi connectivity index (χ1) is 10.7. The number of nitriles is 1. The molecule has 0 N–H and O–H groups in total. The van der Waals surface area contributed by atoms with Crippen LogP contribution in [-0.4, -0.2) is 5.97 Å². The van der Waals surface area contributed by atoms with E-state index < -0.39 is 52.7 Å². The molecular formula is C16H13F4NO2. The van der Waals surface area contributed by atoms with Crippen molar-refractivity contribution >= 4 is 5.97 Å². The van der Waals surface area contributed by atoms with Crippen molar-refractivity contribution in [3.63, 3.8) is 0 Å². The monoisotopic (exact) mass is 327 g/mol. The van der Waals surface area contributed by atoms with Crippen LogP contribution in [0.4, 0.5) is 17.6 Å². The van der Waals surface area contributed by atoms with Gasteiger partial charge in [-0.15, -0.1) is 0 Å². The Morgan fingerprint density at radius 2 is 1.96 bits per heavy atom. The third-order valence-electron chi connectivity index (χ3n) is 4.09. The molecule has 0 heterocycles. The number of carbonyl (C=O) groups is 1. The largest absolute Gasteiger partial charge is 0.460 e. The van der Waals surface area contributed by atoms with Gasteiger partial charge in [0, 0.05) is 11.6 Å². The molecule has 3 nitrogen and oxygen atoms in total. The van der Waals surface area contributed by atoms with Crippen molar-refractivity contribution in [2.45, 2.75) is 20.5 Å². The smallest absolute Gasteiger partial charge is 0.310 e. The van der Waals surface area contributed by atoms with E-state index in [-0.39, 0.29) is 5.92 Å². The van der Waals surface area contributed by atoms with Crippen molar-refractivity contribution in [3.8, 4) is 6.07 Å². The molecule has 0 aromatic heterocycles. The van der Waals surface area contributed by atoms with Crippen LogP contribution < -0.4 is 0 Å². The Labute approximate surface area is 130 Å². The lowest BCUT2D eigenvalue weighted by Crippen LogP contribution is -2.12. The minimum atomic E-state index is -1.95. The van der Waals surface area contributed by atoms with Gasteiger partial charge in [0.05, 0.1) is 12.0 Å². The molecule has 0 amide bonds. The van der Waals surface area contributed by atoms with Gasteiger partial charge < -0.3 is 4.74 Å². The summed E-state index contributed by atoms with van der Waals surface area (Å²) in [5, 5.41) is 8.50. The Kier molecular flexibility index (Phi) is 4.46. The number of hydrogen-bond donors (Lipinski definition) is 0. The second-order valence-electron chi connectivity index (χ2n) is 5.88. The molecule has 23 heavy (non-hydrogen) atoms. The highest BCUT2D eigenvalue weighted by molar-refractivity contribution is 5.78. The van der Waals surface area contributed by atoms with Gasteiger partial charge in [0.2, 0.25) is 0 Å². The van der Waals surface area contributed by atoms with Gasteiger partial charge in [-0.1, -0.05) is 19.9 Å². The van der Waals surface area contributed by atoms with Gasteiger partial charge in [0.1, 0.15) is 6.61 Å². The number of benzene rings is 1.